The van der Waals surface area contributed by atoms with Crippen LogP contribution in [0.4, 0.5) is 4.79 Å². The van der Waals surface area contributed by atoms with E-state index >= 15 is 0 Å². The standard InChI is InChI=1S/C16H19N5O2S/c22-14(11-20-9-10-24-16(20)23)19-7-4-12(5-8-19)15-18-17-13-3-1-2-6-21(13)15/h1-3,6,12H,4-5,7-11H2. The maximum absolute atomic E-state index is 12.4. The first-order valence-corrected chi connectivity index (χ1v) is 9.20. The normalized spacial score (nSPS) is 19.4. The molecule has 4 rings (SSSR count). The third kappa shape index (κ3) is 2.86. The van der Waals surface area contributed by atoms with Gasteiger partial charge in [0.25, 0.3) is 5.24 Å². The molecular formula is C16H19N5O2S. The molecular weight excluding hydrogens is 326 g/mol. The maximum Gasteiger partial charge on any atom is 0.282 e. The van der Waals surface area contributed by atoms with Crippen LogP contribution in [0, 0.1) is 0 Å². The van der Waals surface area contributed by atoms with Crippen molar-refractivity contribution < 1.29 is 9.59 Å². The summed E-state index contributed by atoms with van der Waals surface area (Å²) in [5, 5.41) is 8.57. The molecule has 2 fully saturated rings. The molecule has 24 heavy (non-hydrogen) atoms. The number of pyridine rings is 1. The van der Waals surface area contributed by atoms with Gasteiger partial charge in [-0.15, -0.1) is 10.2 Å². The number of hydrogen-bond acceptors (Lipinski definition) is 5. The highest BCUT2D eigenvalue weighted by atomic mass is 32.2. The Hall–Kier alpha value is -2.09. The molecule has 0 aromatic carbocycles. The summed E-state index contributed by atoms with van der Waals surface area (Å²) >= 11 is 1.29. The summed E-state index contributed by atoms with van der Waals surface area (Å²) in [6, 6.07) is 5.87. The highest BCUT2D eigenvalue weighted by Gasteiger charge is 2.29. The second kappa shape index (κ2) is 6.43. The summed E-state index contributed by atoms with van der Waals surface area (Å²) in [6.07, 6.45) is 3.74. The van der Waals surface area contributed by atoms with E-state index in [1.54, 1.807) is 4.90 Å². The van der Waals surface area contributed by atoms with Gasteiger partial charge in [0.1, 0.15) is 12.4 Å². The van der Waals surface area contributed by atoms with Crippen LogP contribution in [0.15, 0.2) is 24.4 Å². The second-order valence-electron chi connectivity index (χ2n) is 6.18. The minimum Gasteiger partial charge on any atom is -0.341 e. The number of aromatic nitrogens is 3. The highest BCUT2D eigenvalue weighted by molar-refractivity contribution is 8.13. The Morgan fingerprint density at radius 2 is 2.04 bits per heavy atom. The Labute approximate surface area is 144 Å². The monoisotopic (exact) mass is 345 g/mol. The molecule has 0 unspecified atom stereocenters. The lowest BCUT2D eigenvalue weighted by Gasteiger charge is -2.32. The van der Waals surface area contributed by atoms with Gasteiger partial charge < -0.3 is 9.80 Å². The number of hydrogen-bond donors (Lipinski definition) is 0. The molecule has 2 amide bonds. The zero-order valence-corrected chi connectivity index (χ0v) is 14.1. The molecule has 0 N–H and O–H groups in total. The average Bonchev–Trinajstić information content (AvgIpc) is 3.21. The molecule has 4 heterocycles. The van der Waals surface area contributed by atoms with Crippen molar-refractivity contribution in [3.63, 3.8) is 0 Å². The highest BCUT2D eigenvalue weighted by Crippen LogP contribution is 2.27. The van der Waals surface area contributed by atoms with Gasteiger partial charge in [-0.25, -0.2) is 0 Å². The Bertz CT molecular complexity index is 769. The number of piperidine rings is 1. The Morgan fingerprint density at radius 1 is 1.21 bits per heavy atom. The minimum atomic E-state index is 0.0214. The number of thioether (sulfide) groups is 1. The molecule has 2 saturated heterocycles. The van der Waals surface area contributed by atoms with Crippen molar-refractivity contribution in [2.45, 2.75) is 18.8 Å². The topological polar surface area (TPSA) is 70.8 Å². The molecule has 0 saturated carbocycles. The lowest BCUT2D eigenvalue weighted by atomic mass is 9.96. The molecule has 126 valence electrons. The van der Waals surface area contributed by atoms with Crippen molar-refractivity contribution in [3.8, 4) is 0 Å². The van der Waals surface area contributed by atoms with Gasteiger partial charge in [0, 0.05) is 37.5 Å². The number of amides is 2. The van der Waals surface area contributed by atoms with Crippen LogP contribution in [0.3, 0.4) is 0 Å². The fourth-order valence-electron chi connectivity index (χ4n) is 3.36. The molecule has 7 nitrogen and oxygen atoms in total. The molecule has 0 aliphatic carbocycles. The summed E-state index contributed by atoms with van der Waals surface area (Å²) in [4.78, 5) is 27.5. The van der Waals surface area contributed by atoms with Gasteiger partial charge in [0.15, 0.2) is 5.65 Å². The molecule has 0 spiro atoms. The number of nitrogens with zero attached hydrogens (tertiary/aromatic N) is 5. The van der Waals surface area contributed by atoms with E-state index in [2.05, 4.69) is 10.2 Å². The van der Waals surface area contributed by atoms with Crippen molar-refractivity contribution in [1.82, 2.24) is 24.4 Å². The van der Waals surface area contributed by atoms with Crippen LogP contribution in [0.2, 0.25) is 0 Å². The number of carbonyl (C=O) groups is 2. The van der Waals surface area contributed by atoms with E-state index in [1.807, 2.05) is 33.7 Å². The fraction of sp³-hybridized carbons (Fsp3) is 0.500. The van der Waals surface area contributed by atoms with Crippen molar-refractivity contribution in [2.75, 3.05) is 31.9 Å². The molecule has 2 aliphatic heterocycles. The van der Waals surface area contributed by atoms with Gasteiger partial charge in [-0.2, -0.15) is 0 Å². The van der Waals surface area contributed by atoms with Crippen LogP contribution in [-0.4, -0.2) is 67.5 Å². The zero-order chi connectivity index (χ0) is 16.5. The number of rotatable bonds is 3. The summed E-state index contributed by atoms with van der Waals surface area (Å²) in [6.45, 7) is 2.31. The zero-order valence-electron chi connectivity index (χ0n) is 13.3. The summed E-state index contributed by atoms with van der Waals surface area (Å²) in [5.41, 5.74) is 0.857. The molecule has 2 aliphatic rings. The van der Waals surface area contributed by atoms with Gasteiger partial charge >= 0.3 is 0 Å². The van der Waals surface area contributed by atoms with Crippen molar-refractivity contribution in [2.24, 2.45) is 0 Å². The number of likely N-dealkylation sites (tertiary alicyclic amines) is 1. The quantitative estimate of drug-likeness (QED) is 0.845. The van der Waals surface area contributed by atoms with Crippen LogP contribution in [0.5, 0.6) is 0 Å². The largest absolute Gasteiger partial charge is 0.341 e. The number of carbonyl (C=O) groups excluding carboxylic acids is 2. The first-order chi connectivity index (χ1) is 11.7. The van der Waals surface area contributed by atoms with Crippen molar-refractivity contribution in [3.05, 3.63) is 30.2 Å². The third-order valence-corrected chi connectivity index (χ3v) is 5.62. The van der Waals surface area contributed by atoms with Gasteiger partial charge in [0.05, 0.1) is 0 Å². The van der Waals surface area contributed by atoms with Crippen LogP contribution >= 0.6 is 11.8 Å². The van der Waals surface area contributed by atoms with Gasteiger partial charge in [-0.3, -0.25) is 14.0 Å². The minimum absolute atomic E-state index is 0.0214. The molecule has 2 aromatic heterocycles. The molecule has 0 atom stereocenters. The summed E-state index contributed by atoms with van der Waals surface area (Å²) in [5.74, 6) is 2.13. The molecule has 8 heteroatoms. The van der Waals surface area contributed by atoms with E-state index in [1.165, 1.54) is 11.8 Å². The van der Waals surface area contributed by atoms with Crippen LogP contribution < -0.4 is 0 Å². The summed E-state index contributed by atoms with van der Waals surface area (Å²) < 4.78 is 2.03. The maximum atomic E-state index is 12.4. The first kappa shape index (κ1) is 15.4. The first-order valence-electron chi connectivity index (χ1n) is 8.21. The van der Waals surface area contributed by atoms with Crippen LogP contribution in [0.1, 0.15) is 24.6 Å². The van der Waals surface area contributed by atoms with Gasteiger partial charge in [0.2, 0.25) is 5.91 Å². The Balaban J connectivity index is 1.38. The average molecular weight is 345 g/mol. The molecule has 0 bridgehead atoms. The predicted octanol–water partition coefficient (Wildman–Crippen LogP) is 1.60. The van der Waals surface area contributed by atoms with E-state index in [0.717, 1.165) is 30.1 Å². The van der Waals surface area contributed by atoms with Crippen molar-refractivity contribution in [1.29, 1.82) is 0 Å². The lowest BCUT2D eigenvalue weighted by molar-refractivity contribution is -0.132. The smallest absolute Gasteiger partial charge is 0.282 e. The van der Waals surface area contributed by atoms with Crippen LogP contribution in [-0.2, 0) is 4.79 Å². The van der Waals surface area contributed by atoms with E-state index in [-0.39, 0.29) is 17.7 Å². The van der Waals surface area contributed by atoms with Gasteiger partial charge in [-0.05, 0) is 25.0 Å². The van der Waals surface area contributed by atoms with E-state index in [9.17, 15) is 9.59 Å². The van der Waals surface area contributed by atoms with Crippen molar-refractivity contribution >= 4 is 28.6 Å². The predicted molar refractivity (Wildman–Crippen MR) is 91.0 cm³/mol. The van der Waals surface area contributed by atoms with E-state index in [4.69, 9.17) is 0 Å². The van der Waals surface area contributed by atoms with Gasteiger partial charge in [-0.1, -0.05) is 17.8 Å². The lowest BCUT2D eigenvalue weighted by Crippen LogP contribution is -2.44. The molecule has 0 radical (unpaired) electrons. The Kier molecular flexibility index (Phi) is 4.13. The molecule has 2 aromatic rings. The SMILES string of the molecule is O=C(CN1CCSC1=O)N1CCC(c2nnc3ccccn23)CC1. The van der Waals surface area contributed by atoms with E-state index < -0.39 is 0 Å². The summed E-state index contributed by atoms with van der Waals surface area (Å²) in [7, 11) is 0. The Morgan fingerprint density at radius 3 is 2.79 bits per heavy atom. The third-order valence-electron chi connectivity index (χ3n) is 4.72. The van der Waals surface area contributed by atoms with E-state index in [0.29, 0.717) is 25.6 Å². The fourth-order valence-corrected chi connectivity index (χ4v) is 4.18. The number of fused-ring (bicyclic) bond motifs is 1. The second-order valence-corrected chi connectivity index (χ2v) is 7.22. The van der Waals surface area contributed by atoms with Crippen LogP contribution in [0.25, 0.3) is 5.65 Å².